The summed E-state index contributed by atoms with van der Waals surface area (Å²) in [6.45, 7) is 2.71. The first-order chi connectivity index (χ1) is 10.1. The molecule has 0 atom stereocenters. The van der Waals surface area contributed by atoms with Crippen molar-refractivity contribution in [3.05, 3.63) is 57.9 Å². The molecule has 0 saturated carbocycles. The van der Waals surface area contributed by atoms with Crippen molar-refractivity contribution in [2.45, 2.75) is 13.5 Å². The van der Waals surface area contributed by atoms with E-state index < -0.39 is 11.7 Å². The lowest BCUT2D eigenvalue weighted by Crippen LogP contribution is -2.24. The summed E-state index contributed by atoms with van der Waals surface area (Å²) >= 11 is 3.34. The van der Waals surface area contributed by atoms with Crippen LogP contribution in [-0.2, 0) is 6.54 Å². The average molecular weight is 352 g/mol. The normalized spacial score (nSPS) is 10.2. The Morgan fingerprint density at radius 3 is 2.67 bits per heavy atom. The molecule has 0 aliphatic carbocycles. The lowest BCUT2D eigenvalue weighted by molar-refractivity contribution is 0.0947. The maximum absolute atomic E-state index is 14.1. The van der Waals surface area contributed by atoms with Gasteiger partial charge < -0.3 is 10.6 Å². The zero-order chi connectivity index (χ0) is 15.2. The van der Waals surface area contributed by atoms with E-state index in [2.05, 4.69) is 31.5 Å². The molecule has 0 bridgehead atoms. The molecular formula is C15H15BrFN3O. The van der Waals surface area contributed by atoms with Crippen LogP contribution in [-0.4, -0.2) is 17.4 Å². The van der Waals surface area contributed by atoms with E-state index in [0.717, 1.165) is 10.0 Å². The summed E-state index contributed by atoms with van der Waals surface area (Å²) in [6, 6.07) is 8.91. The molecule has 1 amide bonds. The summed E-state index contributed by atoms with van der Waals surface area (Å²) in [7, 11) is 0. The van der Waals surface area contributed by atoms with E-state index in [1.807, 2.05) is 31.2 Å². The molecule has 0 saturated heterocycles. The quantitative estimate of drug-likeness (QED) is 0.868. The maximum atomic E-state index is 14.1. The first kappa shape index (κ1) is 15.4. The zero-order valence-corrected chi connectivity index (χ0v) is 13.1. The minimum atomic E-state index is -0.632. The van der Waals surface area contributed by atoms with Gasteiger partial charge in [0.15, 0.2) is 11.6 Å². The summed E-state index contributed by atoms with van der Waals surface area (Å²) in [4.78, 5) is 15.9. The lowest BCUT2D eigenvalue weighted by atomic mass is 10.2. The largest absolute Gasteiger partial charge is 0.368 e. The molecule has 4 nitrogen and oxygen atoms in total. The van der Waals surface area contributed by atoms with Crippen molar-refractivity contribution in [2.75, 3.05) is 11.9 Å². The number of carbonyl (C=O) groups excluding carboxylic acids is 1. The second-order valence-electron chi connectivity index (χ2n) is 4.36. The molecule has 1 heterocycles. The van der Waals surface area contributed by atoms with Gasteiger partial charge in [0.2, 0.25) is 0 Å². The van der Waals surface area contributed by atoms with E-state index in [0.29, 0.717) is 13.1 Å². The molecule has 0 spiro atoms. The van der Waals surface area contributed by atoms with E-state index in [4.69, 9.17) is 0 Å². The summed E-state index contributed by atoms with van der Waals surface area (Å²) < 4.78 is 15.1. The molecule has 2 rings (SSSR count). The van der Waals surface area contributed by atoms with Gasteiger partial charge in [0.1, 0.15) is 0 Å². The van der Waals surface area contributed by atoms with Crippen LogP contribution in [0.25, 0.3) is 0 Å². The predicted molar refractivity (Wildman–Crippen MR) is 83.7 cm³/mol. The molecule has 21 heavy (non-hydrogen) atoms. The Labute approximate surface area is 130 Å². The van der Waals surface area contributed by atoms with Crippen molar-refractivity contribution in [3.8, 4) is 0 Å². The van der Waals surface area contributed by atoms with Gasteiger partial charge >= 0.3 is 0 Å². The Kier molecular flexibility index (Phi) is 5.27. The summed E-state index contributed by atoms with van der Waals surface area (Å²) in [5.41, 5.74) is 0.922. The standard InChI is InChI=1S/C15H15BrFN3O/c1-2-18-14-13(17)12(7-8-19-14)15(21)20-9-10-3-5-11(16)6-4-10/h3-8H,2,9H2,1H3,(H,18,19)(H,20,21). The van der Waals surface area contributed by atoms with Crippen LogP contribution in [0.3, 0.4) is 0 Å². The Hall–Kier alpha value is -1.95. The second-order valence-corrected chi connectivity index (χ2v) is 5.28. The van der Waals surface area contributed by atoms with Gasteiger partial charge in [0.25, 0.3) is 5.91 Å². The van der Waals surface area contributed by atoms with Crippen LogP contribution in [0.5, 0.6) is 0 Å². The van der Waals surface area contributed by atoms with E-state index in [-0.39, 0.29) is 11.4 Å². The number of nitrogens with zero attached hydrogens (tertiary/aromatic N) is 1. The number of hydrogen-bond acceptors (Lipinski definition) is 3. The molecule has 1 aromatic carbocycles. The van der Waals surface area contributed by atoms with Gasteiger partial charge in [0.05, 0.1) is 5.56 Å². The van der Waals surface area contributed by atoms with Gasteiger partial charge in [-0.3, -0.25) is 4.79 Å². The van der Waals surface area contributed by atoms with E-state index >= 15 is 0 Å². The molecule has 6 heteroatoms. The first-order valence-electron chi connectivity index (χ1n) is 6.53. The Morgan fingerprint density at radius 1 is 1.29 bits per heavy atom. The van der Waals surface area contributed by atoms with Crippen LogP contribution in [0, 0.1) is 5.82 Å². The van der Waals surface area contributed by atoms with Crippen LogP contribution in [0.4, 0.5) is 10.2 Å². The number of anilines is 1. The van der Waals surface area contributed by atoms with Crippen LogP contribution in [0.15, 0.2) is 41.0 Å². The number of rotatable bonds is 5. The van der Waals surface area contributed by atoms with Gasteiger partial charge in [-0.1, -0.05) is 28.1 Å². The molecular weight excluding hydrogens is 337 g/mol. The van der Waals surface area contributed by atoms with Crippen molar-refractivity contribution in [2.24, 2.45) is 0 Å². The van der Waals surface area contributed by atoms with Crippen molar-refractivity contribution in [1.82, 2.24) is 10.3 Å². The summed E-state index contributed by atoms with van der Waals surface area (Å²) in [5.74, 6) is -1.00. The molecule has 0 unspecified atom stereocenters. The molecule has 0 fully saturated rings. The van der Waals surface area contributed by atoms with Gasteiger partial charge in [-0.15, -0.1) is 0 Å². The summed E-state index contributed by atoms with van der Waals surface area (Å²) in [5, 5.41) is 5.47. The fourth-order valence-electron chi connectivity index (χ4n) is 1.79. The Morgan fingerprint density at radius 2 is 2.00 bits per heavy atom. The number of carbonyl (C=O) groups is 1. The number of pyridine rings is 1. The first-order valence-corrected chi connectivity index (χ1v) is 7.32. The highest BCUT2D eigenvalue weighted by atomic mass is 79.9. The van der Waals surface area contributed by atoms with Gasteiger partial charge in [-0.25, -0.2) is 9.37 Å². The fourth-order valence-corrected chi connectivity index (χ4v) is 2.05. The Balaban J connectivity index is 2.06. The van der Waals surface area contributed by atoms with Gasteiger partial charge in [-0.05, 0) is 30.7 Å². The van der Waals surface area contributed by atoms with Crippen molar-refractivity contribution in [3.63, 3.8) is 0 Å². The van der Waals surface area contributed by atoms with Crippen LogP contribution >= 0.6 is 15.9 Å². The van der Waals surface area contributed by atoms with Crippen LogP contribution in [0.1, 0.15) is 22.8 Å². The van der Waals surface area contributed by atoms with Gasteiger partial charge in [0, 0.05) is 23.8 Å². The number of amides is 1. The minimum absolute atomic E-state index is 0.0157. The topological polar surface area (TPSA) is 54.0 Å². The highest BCUT2D eigenvalue weighted by molar-refractivity contribution is 9.10. The van der Waals surface area contributed by atoms with Crippen LogP contribution in [0.2, 0.25) is 0 Å². The molecule has 0 aliphatic heterocycles. The monoisotopic (exact) mass is 351 g/mol. The fraction of sp³-hybridized carbons (Fsp3) is 0.200. The van der Waals surface area contributed by atoms with Crippen LogP contribution < -0.4 is 10.6 Å². The molecule has 2 aromatic rings. The second kappa shape index (κ2) is 7.17. The molecule has 110 valence electrons. The van der Waals surface area contributed by atoms with Crippen molar-refractivity contribution < 1.29 is 9.18 Å². The van der Waals surface area contributed by atoms with Gasteiger partial charge in [-0.2, -0.15) is 0 Å². The number of halogens is 2. The number of nitrogens with one attached hydrogen (secondary N) is 2. The maximum Gasteiger partial charge on any atom is 0.254 e. The highest BCUT2D eigenvalue weighted by Gasteiger charge is 2.15. The summed E-state index contributed by atoms with van der Waals surface area (Å²) in [6.07, 6.45) is 1.41. The third-order valence-corrected chi connectivity index (χ3v) is 3.37. The average Bonchev–Trinajstić information content (AvgIpc) is 2.49. The SMILES string of the molecule is CCNc1nccc(C(=O)NCc2ccc(Br)cc2)c1F. The smallest absolute Gasteiger partial charge is 0.254 e. The predicted octanol–water partition coefficient (Wildman–Crippen LogP) is 3.35. The highest BCUT2D eigenvalue weighted by Crippen LogP contribution is 2.15. The van der Waals surface area contributed by atoms with E-state index in [1.54, 1.807) is 0 Å². The van der Waals surface area contributed by atoms with Crippen molar-refractivity contribution >= 4 is 27.7 Å². The number of aromatic nitrogens is 1. The van der Waals surface area contributed by atoms with E-state index in [9.17, 15) is 9.18 Å². The minimum Gasteiger partial charge on any atom is -0.368 e. The number of benzene rings is 1. The lowest BCUT2D eigenvalue weighted by Gasteiger charge is -2.09. The van der Waals surface area contributed by atoms with Crippen molar-refractivity contribution in [1.29, 1.82) is 0 Å². The molecule has 0 radical (unpaired) electrons. The zero-order valence-electron chi connectivity index (χ0n) is 11.5. The molecule has 0 aliphatic rings. The molecule has 2 N–H and O–H groups in total. The third kappa shape index (κ3) is 4.01. The third-order valence-electron chi connectivity index (χ3n) is 2.84. The molecule has 1 aromatic heterocycles. The number of hydrogen-bond donors (Lipinski definition) is 2. The Bertz CT molecular complexity index is 631. The van der Waals surface area contributed by atoms with E-state index in [1.165, 1.54) is 12.3 Å².